The first-order chi connectivity index (χ1) is 8.65. The Morgan fingerprint density at radius 3 is 2.53 bits per heavy atom. The highest BCUT2D eigenvalue weighted by molar-refractivity contribution is 7.89. The van der Waals surface area contributed by atoms with Crippen molar-refractivity contribution < 1.29 is 8.42 Å². The van der Waals surface area contributed by atoms with E-state index in [1.807, 2.05) is 0 Å². The minimum Gasteiger partial charge on any atom is -0.382 e. The van der Waals surface area contributed by atoms with Crippen LogP contribution >= 0.6 is 11.5 Å². The molecule has 0 spiro atoms. The summed E-state index contributed by atoms with van der Waals surface area (Å²) >= 11 is 1.16. The quantitative estimate of drug-likeness (QED) is 0.908. The molecule has 0 aromatic carbocycles. The van der Waals surface area contributed by atoms with Gasteiger partial charge in [-0.05, 0) is 23.4 Å². The van der Waals surface area contributed by atoms with Crippen LogP contribution in [-0.4, -0.2) is 44.3 Å². The molecule has 19 heavy (non-hydrogen) atoms. The Balaban J connectivity index is 2.45. The molecule has 6 nitrogen and oxygen atoms in total. The summed E-state index contributed by atoms with van der Waals surface area (Å²) in [5.41, 5.74) is 5.96. The Labute approximate surface area is 118 Å². The predicted molar refractivity (Wildman–Crippen MR) is 78.0 cm³/mol. The maximum absolute atomic E-state index is 12.3. The molecule has 2 N–H and O–H groups in total. The molecule has 0 saturated carbocycles. The predicted octanol–water partition coefficient (Wildman–Crippen LogP) is 1.21. The molecule has 0 atom stereocenters. The van der Waals surface area contributed by atoms with Gasteiger partial charge in [0.25, 0.3) is 0 Å². The van der Waals surface area contributed by atoms with Crippen LogP contribution in [0.2, 0.25) is 0 Å². The number of hydrogen-bond acceptors (Lipinski definition) is 6. The molecule has 2 rings (SSSR count). The largest absolute Gasteiger partial charge is 0.382 e. The topological polar surface area (TPSA) is 79.5 Å². The monoisotopic (exact) mass is 304 g/mol. The second-order valence-electron chi connectivity index (χ2n) is 5.83. The van der Waals surface area contributed by atoms with Gasteiger partial charge in [-0.2, -0.15) is 4.37 Å². The summed E-state index contributed by atoms with van der Waals surface area (Å²) in [4.78, 5) is 2.23. The van der Waals surface area contributed by atoms with Gasteiger partial charge in [-0.3, -0.25) is 0 Å². The highest BCUT2D eigenvalue weighted by Gasteiger charge is 2.36. The van der Waals surface area contributed by atoms with E-state index in [4.69, 9.17) is 5.73 Å². The zero-order chi connectivity index (χ0) is 14.4. The minimum atomic E-state index is -3.56. The highest BCUT2D eigenvalue weighted by Crippen LogP contribution is 2.40. The van der Waals surface area contributed by atoms with Gasteiger partial charge in [0.1, 0.15) is 5.00 Å². The van der Waals surface area contributed by atoms with Crippen LogP contribution in [0.5, 0.6) is 0 Å². The molecule has 1 aliphatic heterocycles. The zero-order valence-corrected chi connectivity index (χ0v) is 13.3. The van der Waals surface area contributed by atoms with Crippen LogP contribution < -0.4 is 10.6 Å². The molecule has 1 aromatic heterocycles. The maximum Gasteiger partial charge on any atom is 0.249 e. The van der Waals surface area contributed by atoms with E-state index in [0.717, 1.165) is 31.0 Å². The Bertz CT molecular complexity index is 578. The molecule has 108 valence electrons. The van der Waals surface area contributed by atoms with Crippen molar-refractivity contribution in [2.75, 3.05) is 37.8 Å². The van der Waals surface area contributed by atoms with Crippen molar-refractivity contribution in [2.24, 2.45) is 5.41 Å². The second kappa shape index (κ2) is 4.60. The summed E-state index contributed by atoms with van der Waals surface area (Å²) < 4.78 is 29.9. The third-order valence-corrected chi connectivity index (χ3v) is 6.29. The summed E-state index contributed by atoms with van der Waals surface area (Å²) in [6.45, 7) is 6.02. The smallest absolute Gasteiger partial charge is 0.249 e. The number of rotatable bonds is 3. The molecule has 0 radical (unpaired) electrons. The van der Waals surface area contributed by atoms with E-state index in [-0.39, 0.29) is 16.1 Å². The van der Waals surface area contributed by atoms with Gasteiger partial charge in [0.2, 0.25) is 10.0 Å². The van der Waals surface area contributed by atoms with Crippen molar-refractivity contribution >= 4 is 32.4 Å². The van der Waals surface area contributed by atoms with Crippen molar-refractivity contribution in [3.63, 3.8) is 0 Å². The maximum atomic E-state index is 12.3. The zero-order valence-electron chi connectivity index (χ0n) is 11.7. The fourth-order valence-electron chi connectivity index (χ4n) is 2.20. The molecule has 0 amide bonds. The molecule has 0 unspecified atom stereocenters. The number of hydrogen-bond donors (Lipinski definition) is 1. The van der Waals surface area contributed by atoms with Crippen LogP contribution in [0.3, 0.4) is 0 Å². The molecule has 1 fully saturated rings. The van der Waals surface area contributed by atoms with Gasteiger partial charge in [0.15, 0.2) is 10.7 Å². The van der Waals surface area contributed by atoms with Crippen LogP contribution in [0.15, 0.2) is 4.90 Å². The van der Waals surface area contributed by atoms with E-state index in [9.17, 15) is 8.42 Å². The van der Waals surface area contributed by atoms with Gasteiger partial charge in [-0.25, -0.2) is 12.7 Å². The molecule has 0 aliphatic carbocycles. The molecule has 0 bridgehead atoms. The number of anilines is 2. The van der Waals surface area contributed by atoms with Gasteiger partial charge in [-0.1, -0.05) is 13.8 Å². The standard InChI is InChI=1S/C11H20N4O2S2/c1-11(2)5-6-15(7-11)10-8(9(12)13-18-10)19(16,17)14(3)4/h5-7H2,1-4H3,(H2,12,13). The first-order valence-electron chi connectivity index (χ1n) is 6.08. The average Bonchev–Trinajstić information content (AvgIpc) is 2.81. The van der Waals surface area contributed by atoms with Gasteiger partial charge < -0.3 is 10.6 Å². The molecule has 1 aliphatic rings. The lowest BCUT2D eigenvalue weighted by Crippen LogP contribution is -2.27. The summed E-state index contributed by atoms with van der Waals surface area (Å²) in [5, 5.41) is 0.664. The molecule has 2 heterocycles. The number of nitrogen functional groups attached to an aromatic ring is 1. The van der Waals surface area contributed by atoms with Crippen molar-refractivity contribution in [1.29, 1.82) is 0 Å². The summed E-state index contributed by atoms with van der Waals surface area (Å²) in [6.07, 6.45) is 1.03. The van der Waals surface area contributed by atoms with E-state index in [1.54, 1.807) is 0 Å². The van der Waals surface area contributed by atoms with Crippen LogP contribution in [0.1, 0.15) is 20.3 Å². The number of sulfonamides is 1. The Hall–Kier alpha value is -0.860. The normalized spacial score (nSPS) is 19.3. The van der Waals surface area contributed by atoms with E-state index < -0.39 is 10.0 Å². The highest BCUT2D eigenvalue weighted by atomic mass is 32.2. The summed E-state index contributed by atoms with van der Waals surface area (Å²) in [7, 11) is -0.547. The summed E-state index contributed by atoms with van der Waals surface area (Å²) in [5.74, 6) is 0.0957. The molecule has 8 heteroatoms. The number of nitrogens with two attached hydrogens (primary N) is 1. The van der Waals surface area contributed by atoms with Crippen LogP contribution in [0.25, 0.3) is 0 Å². The third-order valence-electron chi connectivity index (χ3n) is 3.36. The molecule has 1 aromatic rings. The Morgan fingerprint density at radius 2 is 2.05 bits per heavy atom. The first kappa shape index (κ1) is 14.5. The first-order valence-corrected chi connectivity index (χ1v) is 8.29. The van der Waals surface area contributed by atoms with Gasteiger partial charge >= 0.3 is 0 Å². The minimum absolute atomic E-state index is 0.0957. The van der Waals surface area contributed by atoms with Gasteiger partial charge in [-0.15, -0.1) is 0 Å². The Kier molecular flexibility index (Phi) is 3.53. The van der Waals surface area contributed by atoms with E-state index in [2.05, 4.69) is 23.1 Å². The third kappa shape index (κ3) is 2.56. The lowest BCUT2D eigenvalue weighted by atomic mass is 9.93. The van der Waals surface area contributed by atoms with Crippen molar-refractivity contribution in [1.82, 2.24) is 8.68 Å². The number of aromatic nitrogens is 1. The van der Waals surface area contributed by atoms with Gasteiger partial charge in [0, 0.05) is 27.2 Å². The van der Waals surface area contributed by atoms with Crippen molar-refractivity contribution in [2.45, 2.75) is 25.2 Å². The molecular formula is C11H20N4O2S2. The molecule has 1 saturated heterocycles. The van der Waals surface area contributed by atoms with Crippen molar-refractivity contribution in [3.05, 3.63) is 0 Å². The van der Waals surface area contributed by atoms with Crippen LogP contribution in [0, 0.1) is 5.41 Å². The lowest BCUT2D eigenvalue weighted by molar-refractivity contribution is 0.418. The fourth-order valence-corrected chi connectivity index (χ4v) is 4.44. The van der Waals surface area contributed by atoms with Crippen LogP contribution in [-0.2, 0) is 10.0 Å². The van der Waals surface area contributed by atoms with Crippen LogP contribution in [0.4, 0.5) is 10.8 Å². The fraction of sp³-hybridized carbons (Fsp3) is 0.727. The summed E-state index contributed by atoms with van der Waals surface area (Å²) in [6, 6.07) is 0. The Morgan fingerprint density at radius 1 is 1.42 bits per heavy atom. The average molecular weight is 304 g/mol. The van der Waals surface area contributed by atoms with Gasteiger partial charge in [0.05, 0.1) is 0 Å². The second-order valence-corrected chi connectivity index (χ2v) is 8.67. The number of nitrogens with zero attached hydrogens (tertiary/aromatic N) is 3. The SMILES string of the molecule is CN(C)S(=O)(=O)c1c(N)nsc1N1CCC(C)(C)C1. The molecular weight excluding hydrogens is 284 g/mol. The van der Waals surface area contributed by atoms with E-state index >= 15 is 0 Å². The van der Waals surface area contributed by atoms with Crippen molar-refractivity contribution in [3.8, 4) is 0 Å². The van der Waals surface area contributed by atoms with E-state index in [1.165, 1.54) is 18.4 Å². The lowest BCUT2D eigenvalue weighted by Gasteiger charge is -2.21. The van der Waals surface area contributed by atoms with E-state index in [0.29, 0.717) is 5.00 Å².